The van der Waals surface area contributed by atoms with Crippen molar-refractivity contribution in [3.05, 3.63) is 35.9 Å². The van der Waals surface area contributed by atoms with Crippen LogP contribution in [-0.2, 0) is 0 Å². The molecule has 0 saturated carbocycles. The van der Waals surface area contributed by atoms with Crippen LogP contribution in [0, 0.1) is 11.8 Å². The predicted molar refractivity (Wildman–Crippen MR) is 54.8 cm³/mol. The van der Waals surface area contributed by atoms with Crippen LogP contribution in [-0.4, -0.2) is 5.78 Å². The van der Waals surface area contributed by atoms with Gasteiger partial charge in [0.2, 0.25) is 0 Å². The van der Waals surface area contributed by atoms with Crippen LogP contribution >= 0.6 is 0 Å². The molecule has 0 N–H and O–H groups in total. The average Bonchev–Trinajstić information content (AvgIpc) is 2.17. The van der Waals surface area contributed by atoms with Crippen molar-refractivity contribution in [2.45, 2.75) is 20.8 Å². The second-order valence-electron chi connectivity index (χ2n) is 3.76. The lowest BCUT2D eigenvalue weighted by Crippen LogP contribution is -2.16. The summed E-state index contributed by atoms with van der Waals surface area (Å²) in [6, 6.07) is 9.49. The summed E-state index contributed by atoms with van der Waals surface area (Å²) < 4.78 is 0. The van der Waals surface area contributed by atoms with Gasteiger partial charge in [0, 0.05) is 11.5 Å². The van der Waals surface area contributed by atoms with Crippen molar-refractivity contribution in [2.24, 2.45) is 11.8 Å². The molecule has 1 heteroatoms. The first-order valence-electron chi connectivity index (χ1n) is 4.72. The standard InChI is InChI=1S/C12H16O/c1-9(2)10(3)12(13)11-7-5-4-6-8-11/h4-10H,1-3H3/t10-/m1/s1. The Labute approximate surface area is 79.8 Å². The largest absolute Gasteiger partial charge is 0.294 e. The first-order valence-corrected chi connectivity index (χ1v) is 4.72. The summed E-state index contributed by atoms with van der Waals surface area (Å²) in [7, 11) is 0. The van der Waals surface area contributed by atoms with Gasteiger partial charge >= 0.3 is 0 Å². The molecular weight excluding hydrogens is 160 g/mol. The quantitative estimate of drug-likeness (QED) is 0.646. The van der Waals surface area contributed by atoms with Crippen LogP contribution in [0.1, 0.15) is 31.1 Å². The molecule has 1 aromatic rings. The number of ketones is 1. The van der Waals surface area contributed by atoms with Crippen molar-refractivity contribution in [2.75, 3.05) is 0 Å². The number of Topliss-reactive ketones (excluding diaryl/α,β-unsaturated/α-hetero) is 1. The number of benzene rings is 1. The van der Waals surface area contributed by atoms with Gasteiger partial charge in [-0.1, -0.05) is 51.1 Å². The summed E-state index contributed by atoms with van der Waals surface area (Å²) in [4.78, 5) is 11.8. The Morgan fingerprint density at radius 3 is 2.08 bits per heavy atom. The zero-order valence-electron chi connectivity index (χ0n) is 8.45. The lowest BCUT2D eigenvalue weighted by molar-refractivity contribution is 0.0900. The summed E-state index contributed by atoms with van der Waals surface area (Å²) in [6.07, 6.45) is 0. The molecule has 0 saturated heterocycles. The zero-order chi connectivity index (χ0) is 9.84. The molecule has 0 unspecified atom stereocenters. The van der Waals surface area contributed by atoms with E-state index in [9.17, 15) is 4.79 Å². The van der Waals surface area contributed by atoms with Crippen LogP contribution in [0.15, 0.2) is 30.3 Å². The van der Waals surface area contributed by atoms with Gasteiger partial charge in [0.05, 0.1) is 0 Å². The van der Waals surface area contributed by atoms with E-state index in [-0.39, 0.29) is 11.7 Å². The molecule has 0 radical (unpaired) electrons. The Hall–Kier alpha value is -1.11. The van der Waals surface area contributed by atoms with Crippen LogP contribution in [0.2, 0.25) is 0 Å². The molecule has 0 aliphatic heterocycles. The van der Waals surface area contributed by atoms with Gasteiger partial charge in [-0.3, -0.25) is 4.79 Å². The number of rotatable bonds is 3. The molecule has 1 atom stereocenters. The molecule has 1 rings (SSSR count). The molecule has 1 nitrogen and oxygen atoms in total. The van der Waals surface area contributed by atoms with Crippen molar-refractivity contribution in [3.8, 4) is 0 Å². The fourth-order valence-corrected chi connectivity index (χ4v) is 1.17. The second-order valence-corrected chi connectivity index (χ2v) is 3.76. The third-order valence-corrected chi connectivity index (χ3v) is 2.47. The summed E-state index contributed by atoms with van der Waals surface area (Å²) >= 11 is 0. The average molecular weight is 176 g/mol. The minimum atomic E-state index is 0.113. The van der Waals surface area contributed by atoms with Crippen molar-refractivity contribution in [3.63, 3.8) is 0 Å². The normalized spacial score (nSPS) is 12.9. The highest BCUT2D eigenvalue weighted by Gasteiger charge is 2.17. The van der Waals surface area contributed by atoms with Crippen LogP contribution in [0.5, 0.6) is 0 Å². The van der Waals surface area contributed by atoms with Gasteiger partial charge in [-0.25, -0.2) is 0 Å². The summed E-state index contributed by atoms with van der Waals surface area (Å²) in [5.41, 5.74) is 0.823. The summed E-state index contributed by atoms with van der Waals surface area (Å²) in [5.74, 6) is 0.769. The Bertz CT molecular complexity index is 274. The van der Waals surface area contributed by atoms with E-state index in [1.807, 2.05) is 37.3 Å². The van der Waals surface area contributed by atoms with E-state index in [2.05, 4.69) is 13.8 Å². The van der Waals surface area contributed by atoms with Gasteiger partial charge in [-0.15, -0.1) is 0 Å². The molecule has 70 valence electrons. The third-order valence-electron chi connectivity index (χ3n) is 2.47. The highest BCUT2D eigenvalue weighted by molar-refractivity contribution is 5.97. The van der Waals surface area contributed by atoms with Gasteiger partial charge in [0.15, 0.2) is 5.78 Å². The molecule has 0 bridgehead atoms. The Morgan fingerprint density at radius 1 is 1.08 bits per heavy atom. The fourth-order valence-electron chi connectivity index (χ4n) is 1.17. The van der Waals surface area contributed by atoms with Crippen molar-refractivity contribution in [1.29, 1.82) is 0 Å². The zero-order valence-corrected chi connectivity index (χ0v) is 8.45. The predicted octanol–water partition coefficient (Wildman–Crippen LogP) is 3.16. The molecule has 0 aliphatic rings. The van der Waals surface area contributed by atoms with E-state index >= 15 is 0 Å². The van der Waals surface area contributed by atoms with E-state index in [0.29, 0.717) is 5.92 Å². The number of carbonyl (C=O) groups is 1. The van der Waals surface area contributed by atoms with Crippen molar-refractivity contribution < 1.29 is 4.79 Å². The van der Waals surface area contributed by atoms with E-state index < -0.39 is 0 Å². The van der Waals surface area contributed by atoms with Gasteiger partial charge in [0.25, 0.3) is 0 Å². The lowest BCUT2D eigenvalue weighted by Gasteiger charge is -2.13. The molecule has 0 aromatic heterocycles. The monoisotopic (exact) mass is 176 g/mol. The maximum Gasteiger partial charge on any atom is 0.165 e. The lowest BCUT2D eigenvalue weighted by atomic mass is 9.90. The Balaban J connectivity index is 2.80. The van der Waals surface area contributed by atoms with Gasteiger partial charge in [-0.05, 0) is 5.92 Å². The van der Waals surface area contributed by atoms with Crippen LogP contribution in [0.25, 0.3) is 0 Å². The fraction of sp³-hybridized carbons (Fsp3) is 0.417. The van der Waals surface area contributed by atoms with Crippen LogP contribution < -0.4 is 0 Å². The van der Waals surface area contributed by atoms with Crippen LogP contribution in [0.4, 0.5) is 0 Å². The van der Waals surface area contributed by atoms with Gasteiger partial charge in [0.1, 0.15) is 0 Å². The molecule has 0 aliphatic carbocycles. The van der Waals surface area contributed by atoms with E-state index in [4.69, 9.17) is 0 Å². The topological polar surface area (TPSA) is 17.1 Å². The molecule has 0 heterocycles. The Kier molecular flexibility index (Phi) is 3.24. The second kappa shape index (κ2) is 4.22. The molecule has 13 heavy (non-hydrogen) atoms. The third kappa shape index (κ3) is 2.41. The summed E-state index contributed by atoms with van der Waals surface area (Å²) in [5, 5.41) is 0. The molecular formula is C12H16O. The maximum absolute atomic E-state index is 11.8. The smallest absolute Gasteiger partial charge is 0.165 e. The SMILES string of the molecule is CC(C)[C@@H](C)C(=O)c1ccccc1. The molecule has 1 aromatic carbocycles. The molecule has 0 fully saturated rings. The number of hydrogen-bond acceptors (Lipinski definition) is 1. The highest BCUT2D eigenvalue weighted by Crippen LogP contribution is 2.16. The molecule has 0 amide bonds. The van der Waals surface area contributed by atoms with Crippen LogP contribution in [0.3, 0.4) is 0 Å². The number of hydrogen-bond donors (Lipinski definition) is 0. The number of carbonyl (C=O) groups excluding carboxylic acids is 1. The van der Waals surface area contributed by atoms with E-state index in [0.717, 1.165) is 5.56 Å². The van der Waals surface area contributed by atoms with E-state index in [1.165, 1.54) is 0 Å². The van der Waals surface area contributed by atoms with Crippen molar-refractivity contribution in [1.82, 2.24) is 0 Å². The Morgan fingerprint density at radius 2 is 1.62 bits per heavy atom. The summed E-state index contributed by atoms with van der Waals surface area (Å²) in [6.45, 7) is 6.14. The maximum atomic E-state index is 11.8. The van der Waals surface area contributed by atoms with Gasteiger partial charge in [-0.2, -0.15) is 0 Å². The van der Waals surface area contributed by atoms with Gasteiger partial charge < -0.3 is 0 Å². The highest BCUT2D eigenvalue weighted by atomic mass is 16.1. The minimum absolute atomic E-state index is 0.113. The molecule has 0 spiro atoms. The minimum Gasteiger partial charge on any atom is -0.294 e. The first kappa shape index (κ1) is 9.97. The van der Waals surface area contributed by atoms with E-state index in [1.54, 1.807) is 0 Å². The first-order chi connectivity index (χ1) is 6.13. The van der Waals surface area contributed by atoms with Crippen molar-refractivity contribution >= 4 is 5.78 Å².